The number of aromatic nitrogens is 2. The molecule has 2 aromatic carbocycles. The zero-order valence-corrected chi connectivity index (χ0v) is 21.1. The second kappa shape index (κ2) is 10.1. The van der Waals surface area contributed by atoms with Gasteiger partial charge in [0.15, 0.2) is 11.5 Å². The number of amides is 1. The van der Waals surface area contributed by atoms with Gasteiger partial charge in [0.25, 0.3) is 0 Å². The van der Waals surface area contributed by atoms with Crippen LogP contribution in [0.1, 0.15) is 30.3 Å². The summed E-state index contributed by atoms with van der Waals surface area (Å²) in [5.41, 5.74) is 3.59. The predicted molar refractivity (Wildman–Crippen MR) is 131 cm³/mol. The molecule has 0 saturated heterocycles. The Morgan fingerprint density at radius 2 is 1.80 bits per heavy atom. The van der Waals surface area contributed by atoms with Crippen LogP contribution in [0.5, 0.6) is 11.5 Å². The summed E-state index contributed by atoms with van der Waals surface area (Å²) in [7, 11) is -2.30. The number of benzene rings is 2. The van der Waals surface area contributed by atoms with E-state index in [9.17, 15) is 13.2 Å². The Kier molecular flexibility index (Phi) is 7.13. The molecule has 1 atom stereocenters. The molecule has 1 N–H and O–H groups in total. The number of fused-ring (bicyclic) bond motifs is 1. The SMILES string of the molecule is Cc1nn(-c2ccccc2)c(C)c1CN(C)C(=O)[C@H](C)NS(=O)(=O)c1ccc2c(c1)OCCCO2. The van der Waals surface area contributed by atoms with Crippen LogP contribution in [-0.4, -0.2) is 55.3 Å². The minimum atomic E-state index is -3.95. The normalized spacial score (nSPS) is 14.3. The van der Waals surface area contributed by atoms with Gasteiger partial charge < -0.3 is 14.4 Å². The van der Waals surface area contributed by atoms with Crippen molar-refractivity contribution in [3.63, 3.8) is 0 Å². The number of para-hydroxylation sites is 1. The molecule has 0 radical (unpaired) electrons. The number of sulfonamides is 1. The van der Waals surface area contributed by atoms with Crippen LogP contribution in [0.2, 0.25) is 0 Å². The lowest BCUT2D eigenvalue weighted by Gasteiger charge is -2.22. The lowest BCUT2D eigenvalue weighted by atomic mass is 10.1. The van der Waals surface area contributed by atoms with Gasteiger partial charge >= 0.3 is 0 Å². The van der Waals surface area contributed by atoms with Crippen LogP contribution in [0.4, 0.5) is 0 Å². The fourth-order valence-electron chi connectivity index (χ4n) is 4.03. The summed E-state index contributed by atoms with van der Waals surface area (Å²) in [5, 5.41) is 4.62. The average molecular weight is 499 g/mol. The number of nitrogens with zero attached hydrogens (tertiary/aromatic N) is 3. The summed E-state index contributed by atoms with van der Waals surface area (Å²) in [6.45, 7) is 6.65. The van der Waals surface area contributed by atoms with Crippen LogP contribution in [0, 0.1) is 13.8 Å². The topological polar surface area (TPSA) is 103 Å². The van der Waals surface area contributed by atoms with Gasteiger partial charge in [-0.2, -0.15) is 9.82 Å². The van der Waals surface area contributed by atoms with Crippen molar-refractivity contribution in [1.82, 2.24) is 19.4 Å². The monoisotopic (exact) mass is 498 g/mol. The lowest BCUT2D eigenvalue weighted by molar-refractivity contribution is -0.131. The van der Waals surface area contributed by atoms with Crippen LogP contribution >= 0.6 is 0 Å². The van der Waals surface area contributed by atoms with E-state index in [1.807, 2.05) is 48.9 Å². The second-order valence-electron chi connectivity index (χ2n) is 8.59. The molecule has 35 heavy (non-hydrogen) atoms. The van der Waals surface area contributed by atoms with E-state index >= 15 is 0 Å². The van der Waals surface area contributed by atoms with Crippen LogP contribution in [0.3, 0.4) is 0 Å². The fourth-order valence-corrected chi connectivity index (χ4v) is 5.24. The highest BCUT2D eigenvalue weighted by Crippen LogP contribution is 2.32. The van der Waals surface area contributed by atoms with Crippen molar-refractivity contribution in [2.75, 3.05) is 20.3 Å². The zero-order chi connectivity index (χ0) is 25.2. The Bertz CT molecular complexity index is 1320. The highest BCUT2D eigenvalue weighted by Gasteiger charge is 2.27. The zero-order valence-electron chi connectivity index (χ0n) is 20.3. The van der Waals surface area contributed by atoms with Crippen molar-refractivity contribution < 1.29 is 22.7 Å². The minimum absolute atomic E-state index is 0.0138. The molecule has 1 aliphatic rings. The lowest BCUT2D eigenvalue weighted by Crippen LogP contribution is -2.45. The van der Waals surface area contributed by atoms with E-state index < -0.39 is 16.1 Å². The number of hydrogen-bond donors (Lipinski definition) is 1. The van der Waals surface area contributed by atoms with Gasteiger partial charge in [-0.05, 0) is 45.0 Å². The van der Waals surface area contributed by atoms with E-state index in [4.69, 9.17) is 9.47 Å². The van der Waals surface area contributed by atoms with Crippen LogP contribution in [0.15, 0.2) is 53.4 Å². The molecule has 0 fully saturated rings. The molecule has 10 heteroatoms. The number of carbonyl (C=O) groups excluding carboxylic acids is 1. The predicted octanol–water partition coefficient (Wildman–Crippen LogP) is 2.98. The van der Waals surface area contributed by atoms with Gasteiger partial charge in [0.05, 0.1) is 35.5 Å². The summed E-state index contributed by atoms with van der Waals surface area (Å²) < 4.78 is 41.4. The molecule has 1 aromatic heterocycles. The molecule has 2 heterocycles. The second-order valence-corrected chi connectivity index (χ2v) is 10.3. The summed E-state index contributed by atoms with van der Waals surface area (Å²) in [6.07, 6.45) is 0.718. The maximum Gasteiger partial charge on any atom is 0.241 e. The maximum absolute atomic E-state index is 13.1. The number of likely N-dealkylation sites (N-methyl/N-ethyl adjacent to an activating group) is 1. The fraction of sp³-hybridized carbons (Fsp3) is 0.360. The first-order chi connectivity index (χ1) is 16.7. The summed E-state index contributed by atoms with van der Waals surface area (Å²) in [4.78, 5) is 14.6. The van der Waals surface area contributed by atoms with Crippen molar-refractivity contribution in [2.24, 2.45) is 0 Å². The largest absolute Gasteiger partial charge is 0.490 e. The van der Waals surface area contributed by atoms with Gasteiger partial charge in [0.1, 0.15) is 0 Å². The third-order valence-electron chi connectivity index (χ3n) is 5.95. The first-order valence-electron chi connectivity index (χ1n) is 11.4. The van der Waals surface area contributed by atoms with Gasteiger partial charge in [0, 0.05) is 37.3 Å². The van der Waals surface area contributed by atoms with Crippen molar-refractivity contribution in [3.8, 4) is 17.2 Å². The van der Waals surface area contributed by atoms with Gasteiger partial charge in [-0.25, -0.2) is 13.1 Å². The van der Waals surface area contributed by atoms with Gasteiger partial charge in [0.2, 0.25) is 15.9 Å². The molecule has 0 aliphatic carbocycles. The number of carbonyl (C=O) groups is 1. The molecular weight excluding hydrogens is 468 g/mol. The summed E-state index contributed by atoms with van der Waals surface area (Å²) in [5.74, 6) is 0.532. The first-order valence-corrected chi connectivity index (χ1v) is 12.9. The van der Waals surface area contributed by atoms with Crippen molar-refractivity contribution in [3.05, 3.63) is 65.5 Å². The number of nitrogens with one attached hydrogen (secondary N) is 1. The molecule has 1 aliphatic heterocycles. The van der Waals surface area contributed by atoms with Crippen LogP contribution in [-0.2, 0) is 21.4 Å². The van der Waals surface area contributed by atoms with Gasteiger partial charge in [-0.3, -0.25) is 4.79 Å². The van der Waals surface area contributed by atoms with E-state index in [0.29, 0.717) is 31.3 Å². The van der Waals surface area contributed by atoms with E-state index in [1.165, 1.54) is 24.0 Å². The summed E-state index contributed by atoms with van der Waals surface area (Å²) >= 11 is 0. The highest BCUT2D eigenvalue weighted by atomic mass is 32.2. The molecule has 3 aromatic rings. The molecule has 186 valence electrons. The molecule has 0 saturated carbocycles. The quantitative estimate of drug-likeness (QED) is 0.537. The van der Waals surface area contributed by atoms with E-state index in [-0.39, 0.29) is 10.8 Å². The molecule has 9 nitrogen and oxygen atoms in total. The van der Waals surface area contributed by atoms with Crippen molar-refractivity contribution in [1.29, 1.82) is 0 Å². The smallest absolute Gasteiger partial charge is 0.241 e. The average Bonchev–Trinajstić information content (AvgIpc) is 3.00. The first kappa shape index (κ1) is 24.7. The number of ether oxygens (including phenoxy) is 2. The highest BCUT2D eigenvalue weighted by molar-refractivity contribution is 7.89. The standard InChI is InChI=1S/C25H30N4O5S/c1-17-22(19(3)29(26-17)20-9-6-5-7-10-20)16-28(4)25(30)18(2)27-35(31,32)21-11-12-23-24(15-21)34-14-8-13-33-23/h5-7,9-12,15,18,27H,8,13-14,16H2,1-4H3/t18-/m0/s1. The third kappa shape index (κ3) is 5.33. The number of aryl methyl sites for hydroxylation is 1. The Morgan fingerprint density at radius 3 is 2.51 bits per heavy atom. The Labute approximate surface area is 205 Å². The molecular formula is C25H30N4O5S. The third-order valence-corrected chi connectivity index (χ3v) is 7.48. The molecule has 0 bridgehead atoms. The summed E-state index contributed by atoms with van der Waals surface area (Å²) in [6, 6.07) is 13.2. The van der Waals surface area contributed by atoms with Crippen molar-refractivity contribution in [2.45, 2.75) is 44.7 Å². The number of hydrogen-bond acceptors (Lipinski definition) is 6. The van der Waals surface area contributed by atoms with Crippen LogP contribution < -0.4 is 14.2 Å². The molecule has 1 amide bonds. The Balaban J connectivity index is 1.46. The maximum atomic E-state index is 13.1. The minimum Gasteiger partial charge on any atom is -0.490 e. The van der Waals surface area contributed by atoms with Crippen molar-refractivity contribution >= 4 is 15.9 Å². The van der Waals surface area contributed by atoms with E-state index in [2.05, 4.69) is 9.82 Å². The Morgan fingerprint density at radius 1 is 1.11 bits per heavy atom. The Hall–Kier alpha value is -3.37. The molecule has 4 rings (SSSR count). The van der Waals surface area contributed by atoms with Gasteiger partial charge in [-0.15, -0.1) is 0 Å². The molecule has 0 unspecified atom stereocenters. The molecule has 0 spiro atoms. The van der Waals surface area contributed by atoms with E-state index in [1.54, 1.807) is 13.1 Å². The van der Waals surface area contributed by atoms with E-state index in [0.717, 1.165) is 29.1 Å². The van der Waals surface area contributed by atoms with Gasteiger partial charge in [-0.1, -0.05) is 18.2 Å². The number of rotatable bonds is 7. The van der Waals surface area contributed by atoms with Crippen LogP contribution in [0.25, 0.3) is 5.69 Å².